The first-order chi connectivity index (χ1) is 15.3. The minimum atomic E-state index is -3.40. The lowest BCUT2D eigenvalue weighted by atomic mass is 10.1. The molecule has 1 aliphatic rings. The molecule has 2 N–H and O–H groups in total. The van der Waals surface area contributed by atoms with Crippen LogP contribution in [0.25, 0.3) is 11.0 Å². The molecule has 13 heteroatoms. The zero-order valence-electron chi connectivity index (χ0n) is 20.3. The largest absolute Gasteiger partial charge is 0.444 e. The molecule has 0 spiro atoms. The van der Waals surface area contributed by atoms with Crippen molar-refractivity contribution in [2.75, 3.05) is 42.7 Å². The molecule has 3 rings (SSSR count). The van der Waals surface area contributed by atoms with Crippen LogP contribution in [0.3, 0.4) is 0 Å². The third-order valence-electron chi connectivity index (χ3n) is 5.03. The number of hydrogen-bond donors (Lipinski definition) is 2. The lowest BCUT2D eigenvalue weighted by Gasteiger charge is -2.43. The summed E-state index contributed by atoms with van der Waals surface area (Å²) < 4.78 is 33.9. The Balaban J connectivity index is 1.70. The number of anilines is 2. The number of hydrogen-bond acceptors (Lipinski definition) is 9. The van der Waals surface area contributed by atoms with Crippen LogP contribution in [-0.4, -0.2) is 89.3 Å². The van der Waals surface area contributed by atoms with Crippen molar-refractivity contribution in [3.05, 3.63) is 6.20 Å². The Morgan fingerprint density at radius 2 is 1.97 bits per heavy atom. The second-order valence-electron chi connectivity index (χ2n) is 9.54. The lowest BCUT2D eigenvalue weighted by Crippen LogP contribution is -2.60. The number of ether oxygens (including phenoxy) is 1. The van der Waals surface area contributed by atoms with E-state index in [0.29, 0.717) is 35.9 Å². The fraction of sp³-hybridized carbons (Fsp3) is 0.700. The monoisotopic (exact) mass is 482 g/mol. The highest BCUT2D eigenvalue weighted by molar-refractivity contribution is 7.89. The van der Waals surface area contributed by atoms with Crippen molar-refractivity contribution in [3.8, 4) is 0 Å². The summed E-state index contributed by atoms with van der Waals surface area (Å²) in [6.07, 6.45) is 1.28. The van der Waals surface area contributed by atoms with Crippen LogP contribution in [0.15, 0.2) is 6.20 Å². The summed E-state index contributed by atoms with van der Waals surface area (Å²) in [4.78, 5) is 25.1. The van der Waals surface area contributed by atoms with Gasteiger partial charge < -0.3 is 19.9 Å². The number of sulfonamides is 1. The minimum absolute atomic E-state index is 0.0169. The lowest BCUT2D eigenvalue weighted by molar-refractivity contribution is 0.0196. The SMILES string of the molecule is CC(C)NS(=O)(=O)CCNc1nc(N2CC(N(C)C(=O)OC(C)(C)C)C2)nc2cnn(C)c12. The Morgan fingerprint density at radius 3 is 2.58 bits per heavy atom. The molecular weight excluding hydrogens is 448 g/mol. The van der Waals surface area contributed by atoms with Crippen molar-refractivity contribution in [2.24, 2.45) is 7.05 Å². The first-order valence-electron chi connectivity index (χ1n) is 10.9. The molecule has 33 heavy (non-hydrogen) atoms. The van der Waals surface area contributed by atoms with Crippen LogP contribution in [0, 0.1) is 0 Å². The second-order valence-corrected chi connectivity index (χ2v) is 11.4. The number of fused-ring (bicyclic) bond motifs is 1. The summed E-state index contributed by atoms with van der Waals surface area (Å²) >= 11 is 0. The molecule has 0 atom stereocenters. The van der Waals surface area contributed by atoms with Crippen molar-refractivity contribution in [1.82, 2.24) is 29.4 Å². The van der Waals surface area contributed by atoms with Crippen LogP contribution >= 0.6 is 0 Å². The first kappa shape index (κ1) is 25.0. The van der Waals surface area contributed by atoms with Gasteiger partial charge in [0, 0.05) is 39.8 Å². The van der Waals surface area contributed by atoms with Gasteiger partial charge in [-0.2, -0.15) is 10.1 Å². The van der Waals surface area contributed by atoms with Gasteiger partial charge in [-0.15, -0.1) is 0 Å². The van der Waals surface area contributed by atoms with Crippen molar-refractivity contribution in [2.45, 2.75) is 52.3 Å². The predicted molar refractivity (Wildman–Crippen MR) is 127 cm³/mol. The van der Waals surface area contributed by atoms with Crippen LogP contribution in [0.1, 0.15) is 34.6 Å². The van der Waals surface area contributed by atoms with Gasteiger partial charge in [0.1, 0.15) is 16.6 Å². The summed E-state index contributed by atoms with van der Waals surface area (Å²) in [5, 5.41) is 7.38. The van der Waals surface area contributed by atoms with E-state index in [4.69, 9.17) is 4.74 Å². The highest BCUT2D eigenvalue weighted by Gasteiger charge is 2.36. The van der Waals surface area contributed by atoms with Crippen LogP contribution in [0.2, 0.25) is 0 Å². The number of carbonyl (C=O) groups is 1. The molecule has 184 valence electrons. The van der Waals surface area contributed by atoms with E-state index < -0.39 is 15.6 Å². The second kappa shape index (κ2) is 9.29. The Morgan fingerprint density at radius 1 is 1.30 bits per heavy atom. The van der Waals surface area contributed by atoms with E-state index in [-0.39, 0.29) is 30.5 Å². The van der Waals surface area contributed by atoms with Gasteiger partial charge in [0.25, 0.3) is 0 Å². The number of likely N-dealkylation sites (N-methyl/N-ethyl adjacent to an activating group) is 1. The number of nitrogens with one attached hydrogen (secondary N) is 2. The van der Waals surface area contributed by atoms with E-state index in [2.05, 4.69) is 25.1 Å². The van der Waals surface area contributed by atoms with E-state index in [9.17, 15) is 13.2 Å². The third kappa shape index (κ3) is 6.22. The van der Waals surface area contributed by atoms with Crippen LogP contribution < -0.4 is 14.9 Å². The zero-order chi connectivity index (χ0) is 24.6. The summed E-state index contributed by atoms with van der Waals surface area (Å²) in [6.45, 7) is 10.4. The molecule has 2 aromatic rings. The summed E-state index contributed by atoms with van der Waals surface area (Å²) in [6, 6.07) is -0.181. The number of nitrogens with zero attached hydrogens (tertiary/aromatic N) is 6. The Labute approximate surface area is 194 Å². The number of aryl methyl sites for hydroxylation is 1. The van der Waals surface area contributed by atoms with Crippen LogP contribution in [-0.2, 0) is 21.8 Å². The van der Waals surface area contributed by atoms with Gasteiger partial charge >= 0.3 is 6.09 Å². The average molecular weight is 483 g/mol. The fourth-order valence-corrected chi connectivity index (χ4v) is 4.61. The van der Waals surface area contributed by atoms with Crippen molar-refractivity contribution < 1.29 is 17.9 Å². The van der Waals surface area contributed by atoms with Crippen molar-refractivity contribution >= 4 is 38.9 Å². The standard InChI is InChI=1S/C20H34N8O4S/c1-13(2)25-33(30,31)9-8-21-17-16-15(10-22-27(16)7)23-18(24-17)28-11-14(12-28)26(6)19(29)32-20(3,4)5/h10,13-14,25H,8-9,11-12H2,1-7H3,(H,21,23,24). The fourth-order valence-electron chi connectivity index (χ4n) is 3.40. The molecular formula is C20H34N8O4S. The predicted octanol–water partition coefficient (Wildman–Crippen LogP) is 1.16. The molecule has 12 nitrogen and oxygen atoms in total. The molecule has 0 saturated carbocycles. The Kier molecular flexibility index (Phi) is 7.03. The van der Waals surface area contributed by atoms with Gasteiger partial charge in [-0.25, -0.2) is 22.9 Å². The first-order valence-corrected chi connectivity index (χ1v) is 12.6. The van der Waals surface area contributed by atoms with E-state index >= 15 is 0 Å². The maximum Gasteiger partial charge on any atom is 0.410 e. The molecule has 1 saturated heterocycles. The number of aromatic nitrogens is 4. The summed E-state index contributed by atoms with van der Waals surface area (Å²) in [7, 11) is 0.106. The quantitative estimate of drug-likeness (QED) is 0.568. The van der Waals surface area contributed by atoms with E-state index in [0.717, 1.165) is 0 Å². The van der Waals surface area contributed by atoms with E-state index in [1.807, 2.05) is 25.7 Å². The number of carbonyl (C=O) groups excluding carboxylic acids is 1. The normalized spacial score (nSPS) is 15.1. The molecule has 0 aliphatic carbocycles. The van der Waals surface area contributed by atoms with Crippen LogP contribution in [0.4, 0.5) is 16.6 Å². The average Bonchev–Trinajstić information content (AvgIpc) is 2.98. The van der Waals surface area contributed by atoms with Crippen molar-refractivity contribution in [3.63, 3.8) is 0 Å². The van der Waals surface area contributed by atoms with Gasteiger partial charge in [0.05, 0.1) is 18.0 Å². The Bertz CT molecular complexity index is 1100. The molecule has 0 radical (unpaired) electrons. The highest BCUT2D eigenvalue weighted by Crippen LogP contribution is 2.27. The van der Waals surface area contributed by atoms with Crippen molar-refractivity contribution in [1.29, 1.82) is 0 Å². The third-order valence-corrected chi connectivity index (χ3v) is 6.60. The Hall–Kier alpha value is -2.67. The topological polar surface area (TPSA) is 135 Å². The van der Waals surface area contributed by atoms with Gasteiger partial charge in [-0.3, -0.25) is 4.68 Å². The van der Waals surface area contributed by atoms with Gasteiger partial charge in [0.15, 0.2) is 5.82 Å². The summed E-state index contributed by atoms with van der Waals surface area (Å²) in [5.74, 6) is 0.921. The molecule has 2 aromatic heterocycles. The van der Waals surface area contributed by atoms with Gasteiger partial charge in [0.2, 0.25) is 16.0 Å². The molecule has 1 amide bonds. The number of amides is 1. The summed E-state index contributed by atoms with van der Waals surface area (Å²) in [5.41, 5.74) is 0.787. The van der Waals surface area contributed by atoms with E-state index in [1.165, 1.54) is 0 Å². The minimum Gasteiger partial charge on any atom is -0.444 e. The van der Waals surface area contributed by atoms with Crippen LogP contribution in [0.5, 0.6) is 0 Å². The molecule has 3 heterocycles. The van der Waals surface area contributed by atoms with E-state index in [1.54, 1.807) is 43.7 Å². The smallest absolute Gasteiger partial charge is 0.410 e. The highest BCUT2D eigenvalue weighted by atomic mass is 32.2. The number of rotatable bonds is 8. The molecule has 1 aliphatic heterocycles. The zero-order valence-corrected chi connectivity index (χ0v) is 21.1. The van der Waals surface area contributed by atoms with Gasteiger partial charge in [-0.05, 0) is 34.6 Å². The molecule has 0 bridgehead atoms. The molecule has 1 fully saturated rings. The molecule has 0 unspecified atom stereocenters. The molecule has 0 aromatic carbocycles. The maximum absolute atomic E-state index is 12.3. The maximum atomic E-state index is 12.3. The van der Waals surface area contributed by atoms with Gasteiger partial charge in [-0.1, -0.05) is 0 Å².